The molecule has 1 amide bonds. The number of amides is 1. The van der Waals surface area contributed by atoms with Gasteiger partial charge in [0.2, 0.25) is 0 Å². The first kappa shape index (κ1) is 14.1. The first-order valence-corrected chi connectivity index (χ1v) is 6.81. The summed E-state index contributed by atoms with van der Waals surface area (Å²) in [5.74, 6) is 0.235. The number of nitrogens with one attached hydrogen (secondary N) is 1. The Morgan fingerprint density at radius 2 is 2.27 bits per heavy atom. The van der Waals surface area contributed by atoms with E-state index in [1.165, 1.54) is 6.26 Å². The highest BCUT2D eigenvalue weighted by molar-refractivity contribution is 5.95. The van der Waals surface area contributed by atoms with Gasteiger partial charge in [0, 0.05) is 23.6 Å². The highest BCUT2D eigenvalue weighted by Crippen LogP contribution is 2.15. The molecule has 3 rings (SSSR count). The van der Waals surface area contributed by atoms with Gasteiger partial charge in [-0.25, -0.2) is 4.98 Å². The van der Waals surface area contributed by atoms with Crippen LogP contribution in [0.3, 0.4) is 0 Å². The third-order valence-electron chi connectivity index (χ3n) is 3.29. The molecule has 2 aromatic heterocycles. The summed E-state index contributed by atoms with van der Waals surface area (Å²) in [4.78, 5) is 16.3. The zero-order valence-electron chi connectivity index (χ0n) is 11.7. The summed E-state index contributed by atoms with van der Waals surface area (Å²) in [7, 11) is 0. The number of hydrogen-bond acceptors (Lipinski definition) is 4. The highest BCUT2D eigenvalue weighted by atomic mass is 16.3. The minimum absolute atomic E-state index is 0.236. The van der Waals surface area contributed by atoms with Gasteiger partial charge in [-0.2, -0.15) is 0 Å². The largest absolute Gasteiger partial charge is 0.467 e. The number of aliphatic hydroxyl groups excluding tert-OH is 1. The van der Waals surface area contributed by atoms with Crippen molar-refractivity contribution in [3.63, 3.8) is 0 Å². The van der Waals surface area contributed by atoms with Gasteiger partial charge in [-0.15, -0.1) is 0 Å². The predicted octanol–water partition coefficient (Wildman–Crippen LogP) is 1.93. The predicted molar refractivity (Wildman–Crippen MR) is 79.6 cm³/mol. The van der Waals surface area contributed by atoms with Crippen molar-refractivity contribution >= 4 is 5.91 Å². The second-order valence-electron chi connectivity index (χ2n) is 4.74. The molecule has 112 valence electrons. The number of rotatable bonds is 5. The molecule has 3 aromatic rings. The first-order chi connectivity index (χ1) is 10.8. The molecule has 2 N–H and O–H groups in total. The number of aromatic nitrogens is 2. The SMILES string of the molecule is O=C(NC(CO)c1ccco1)c1cccc(-n2ccnc2)c1. The molecular formula is C16H15N3O3. The number of imidazole rings is 1. The molecule has 0 saturated carbocycles. The fourth-order valence-electron chi connectivity index (χ4n) is 2.16. The van der Waals surface area contributed by atoms with Crippen molar-refractivity contribution in [1.29, 1.82) is 0 Å². The average Bonchev–Trinajstić information content (AvgIpc) is 3.25. The van der Waals surface area contributed by atoms with Gasteiger partial charge in [0.25, 0.3) is 5.91 Å². The Labute approximate surface area is 127 Å². The van der Waals surface area contributed by atoms with Gasteiger partial charge in [0.1, 0.15) is 11.8 Å². The van der Waals surface area contributed by atoms with Crippen LogP contribution in [-0.4, -0.2) is 27.2 Å². The molecule has 0 bridgehead atoms. The Balaban J connectivity index is 1.79. The second kappa shape index (κ2) is 6.28. The molecule has 1 aromatic carbocycles. The van der Waals surface area contributed by atoms with Gasteiger partial charge >= 0.3 is 0 Å². The molecule has 0 aliphatic heterocycles. The summed E-state index contributed by atoms with van der Waals surface area (Å²) in [5, 5.41) is 12.2. The second-order valence-corrected chi connectivity index (χ2v) is 4.74. The quantitative estimate of drug-likeness (QED) is 0.754. The molecule has 6 nitrogen and oxygen atoms in total. The lowest BCUT2D eigenvalue weighted by atomic mass is 10.1. The summed E-state index contributed by atoms with van der Waals surface area (Å²) in [6, 6.07) is 10.0. The smallest absolute Gasteiger partial charge is 0.252 e. The zero-order valence-corrected chi connectivity index (χ0v) is 11.7. The first-order valence-electron chi connectivity index (χ1n) is 6.81. The van der Waals surface area contributed by atoms with E-state index in [0.717, 1.165) is 5.69 Å². The number of hydrogen-bond donors (Lipinski definition) is 2. The topological polar surface area (TPSA) is 80.3 Å². The molecule has 2 heterocycles. The molecule has 6 heteroatoms. The summed E-state index contributed by atoms with van der Waals surface area (Å²) in [6.07, 6.45) is 6.64. The van der Waals surface area contributed by atoms with Crippen molar-refractivity contribution in [3.05, 3.63) is 72.7 Å². The van der Waals surface area contributed by atoms with E-state index < -0.39 is 6.04 Å². The normalized spacial score (nSPS) is 12.0. The van der Waals surface area contributed by atoms with Crippen molar-refractivity contribution in [1.82, 2.24) is 14.9 Å². The van der Waals surface area contributed by atoms with Gasteiger partial charge in [-0.1, -0.05) is 6.07 Å². The van der Waals surface area contributed by atoms with E-state index in [-0.39, 0.29) is 12.5 Å². The molecule has 0 fully saturated rings. The van der Waals surface area contributed by atoms with Crippen LogP contribution in [0.15, 0.2) is 65.8 Å². The summed E-state index contributed by atoms with van der Waals surface area (Å²) in [5.41, 5.74) is 1.33. The van der Waals surface area contributed by atoms with Crippen LogP contribution in [0.5, 0.6) is 0 Å². The Kier molecular flexibility index (Phi) is 4.02. The van der Waals surface area contributed by atoms with Crippen molar-refractivity contribution < 1.29 is 14.3 Å². The maximum absolute atomic E-state index is 12.3. The molecule has 0 aliphatic rings. The van der Waals surface area contributed by atoms with Gasteiger partial charge in [-0.05, 0) is 30.3 Å². The van der Waals surface area contributed by atoms with Crippen LogP contribution in [0.25, 0.3) is 5.69 Å². The summed E-state index contributed by atoms with van der Waals surface area (Å²) >= 11 is 0. The van der Waals surface area contributed by atoms with Crippen molar-refractivity contribution in [2.75, 3.05) is 6.61 Å². The lowest BCUT2D eigenvalue weighted by Crippen LogP contribution is -2.30. The Bertz CT molecular complexity index is 736. The van der Waals surface area contributed by atoms with E-state index in [2.05, 4.69) is 10.3 Å². The maximum atomic E-state index is 12.3. The molecule has 1 unspecified atom stereocenters. The molecule has 0 saturated heterocycles. The van der Waals surface area contributed by atoms with Crippen LogP contribution in [0.4, 0.5) is 0 Å². The zero-order chi connectivity index (χ0) is 15.4. The Morgan fingerprint density at radius 1 is 1.36 bits per heavy atom. The monoisotopic (exact) mass is 297 g/mol. The standard InChI is InChI=1S/C16H15N3O3/c20-10-14(15-5-2-8-22-15)18-16(21)12-3-1-4-13(9-12)19-7-6-17-11-19/h1-9,11,14,20H,10H2,(H,18,21). The lowest BCUT2D eigenvalue weighted by Gasteiger charge is -2.14. The van der Waals surface area contributed by atoms with Gasteiger partial charge in [-0.3, -0.25) is 4.79 Å². The number of benzene rings is 1. The lowest BCUT2D eigenvalue weighted by molar-refractivity contribution is 0.0907. The van der Waals surface area contributed by atoms with Gasteiger partial charge in [0.05, 0.1) is 19.2 Å². The minimum atomic E-state index is -0.570. The van der Waals surface area contributed by atoms with Crippen molar-refractivity contribution in [3.8, 4) is 5.69 Å². The van der Waals surface area contributed by atoms with Crippen molar-refractivity contribution in [2.45, 2.75) is 6.04 Å². The fraction of sp³-hybridized carbons (Fsp3) is 0.125. The third kappa shape index (κ3) is 2.91. The van der Waals surface area contributed by atoms with E-state index in [1.54, 1.807) is 49.1 Å². The van der Waals surface area contributed by atoms with Gasteiger partial charge in [0.15, 0.2) is 0 Å². The fourth-order valence-corrected chi connectivity index (χ4v) is 2.16. The summed E-state index contributed by atoms with van der Waals surface area (Å²) in [6.45, 7) is -0.236. The number of aliphatic hydroxyl groups is 1. The van der Waals surface area contributed by atoms with E-state index >= 15 is 0 Å². The Hall–Kier alpha value is -2.86. The van der Waals surface area contributed by atoms with Crippen LogP contribution in [0.2, 0.25) is 0 Å². The van der Waals surface area contributed by atoms with Crippen molar-refractivity contribution in [2.24, 2.45) is 0 Å². The number of nitrogens with zero attached hydrogens (tertiary/aromatic N) is 2. The van der Waals surface area contributed by atoms with Crippen LogP contribution in [-0.2, 0) is 0 Å². The number of carbonyl (C=O) groups excluding carboxylic acids is 1. The number of furan rings is 1. The van der Waals surface area contributed by atoms with Crippen LogP contribution >= 0.6 is 0 Å². The van der Waals surface area contributed by atoms with E-state index in [0.29, 0.717) is 11.3 Å². The summed E-state index contributed by atoms with van der Waals surface area (Å²) < 4.78 is 7.03. The van der Waals surface area contributed by atoms with E-state index in [4.69, 9.17) is 4.42 Å². The molecule has 0 radical (unpaired) electrons. The van der Waals surface area contributed by atoms with E-state index in [9.17, 15) is 9.90 Å². The van der Waals surface area contributed by atoms with Crippen LogP contribution < -0.4 is 5.32 Å². The molecule has 0 spiro atoms. The number of carbonyl (C=O) groups is 1. The molecular weight excluding hydrogens is 282 g/mol. The van der Waals surface area contributed by atoms with E-state index in [1.807, 2.05) is 10.6 Å². The maximum Gasteiger partial charge on any atom is 0.252 e. The minimum Gasteiger partial charge on any atom is -0.467 e. The molecule has 1 atom stereocenters. The average molecular weight is 297 g/mol. The van der Waals surface area contributed by atoms with Gasteiger partial charge < -0.3 is 19.4 Å². The third-order valence-corrected chi connectivity index (χ3v) is 3.29. The molecule has 0 aliphatic carbocycles. The Morgan fingerprint density at radius 3 is 2.95 bits per heavy atom. The van der Waals surface area contributed by atoms with Crippen LogP contribution in [0.1, 0.15) is 22.2 Å². The highest BCUT2D eigenvalue weighted by Gasteiger charge is 2.17. The van der Waals surface area contributed by atoms with Crippen LogP contribution in [0, 0.1) is 0 Å². The molecule has 22 heavy (non-hydrogen) atoms.